The van der Waals surface area contributed by atoms with Crippen LogP contribution in [-0.2, 0) is 25.7 Å². The molecule has 55 heavy (non-hydrogen) atoms. The summed E-state index contributed by atoms with van der Waals surface area (Å²) in [7, 11) is 0. The van der Waals surface area contributed by atoms with Crippen molar-refractivity contribution in [1.82, 2.24) is 4.57 Å². The average molecular weight is 710 g/mol. The second-order valence-electron chi connectivity index (χ2n) is 15.1. The molecule has 1 heteroatoms. The molecular formula is C54H47N. The number of fused-ring (bicyclic) bond motifs is 5. The number of benzene rings is 8. The highest BCUT2D eigenvalue weighted by Gasteiger charge is 2.17. The van der Waals surface area contributed by atoms with Gasteiger partial charge in [-0.25, -0.2) is 0 Å². The predicted octanol–water partition coefficient (Wildman–Crippen LogP) is 14.4. The van der Waals surface area contributed by atoms with Crippen LogP contribution in [0.5, 0.6) is 0 Å². The Kier molecular flexibility index (Phi) is 9.61. The van der Waals surface area contributed by atoms with Crippen LogP contribution in [0.4, 0.5) is 0 Å². The van der Waals surface area contributed by atoms with Crippen LogP contribution in [-0.4, -0.2) is 4.57 Å². The molecule has 1 heterocycles. The van der Waals surface area contributed by atoms with E-state index < -0.39 is 0 Å². The van der Waals surface area contributed by atoms with Crippen LogP contribution in [0, 0.1) is 0 Å². The van der Waals surface area contributed by atoms with E-state index in [0.717, 1.165) is 25.7 Å². The maximum Gasteiger partial charge on any atom is 0.0547 e. The van der Waals surface area contributed by atoms with Crippen LogP contribution in [0.1, 0.15) is 60.1 Å². The van der Waals surface area contributed by atoms with E-state index in [4.69, 9.17) is 0 Å². The molecule has 0 aliphatic carbocycles. The molecule has 0 bridgehead atoms. The molecule has 0 fully saturated rings. The molecule has 0 N–H and O–H groups in total. The van der Waals surface area contributed by atoms with Crippen LogP contribution in [0.3, 0.4) is 0 Å². The summed E-state index contributed by atoms with van der Waals surface area (Å²) in [5.74, 6) is 0. The Balaban J connectivity index is 1.05. The molecule has 8 aromatic carbocycles. The second-order valence-corrected chi connectivity index (χ2v) is 15.1. The molecule has 0 saturated heterocycles. The van der Waals surface area contributed by atoms with Crippen molar-refractivity contribution < 1.29 is 0 Å². The smallest absolute Gasteiger partial charge is 0.0547 e. The van der Waals surface area contributed by atoms with E-state index in [2.05, 4.69) is 194 Å². The van der Waals surface area contributed by atoms with Gasteiger partial charge < -0.3 is 4.57 Å². The zero-order valence-corrected chi connectivity index (χ0v) is 31.9. The van der Waals surface area contributed by atoms with Crippen molar-refractivity contribution in [2.75, 3.05) is 0 Å². The van der Waals surface area contributed by atoms with Crippen LogP contribution < -0.4 is 0 Å². The third-order valence-corrected chi connectivity index (χ3v) is 11.3. The van der Waals surface area contributed by atoms with Crippen molar-refractivity contribution in [1.29, 1.82) is 0 Å². The number of aromatic nitrogens is 1. The monoisotopic (exact) mass is 709 g/mol. The lowest BCUT2D eigenvalue weighted by atomic mass is 9.94. The minimum Gasteiger partial charge on any atom is -0.309 e. The van der Waals surface area contributed by atoms with Gasteiger partial charge in [0, 0.05) is 16.5 Å². The van der Waals surface area contributed by atoms with Gasteiger partial charge in [0.25, 0.3) is 0 Å². The van der Waals surface area contributed by atoms with E-state index in [1.54, 1.807) is 0 Å². The molecule has 0 unspecified atom stereocenters. The van der Waals surface area contributed by atoms with E-state index in [0.29, 0.717) is 0 Å². The Hall–Kier alpha value is -6.18. The minimum atomic E-state index is 0.885. The fourth-order valence-corrected chi connectivity index (χ4v) is 8.49. The lowest BCUT2D eigenvalue weighted by molar-refractivity contribution is 0.922. The van der Waals surface area contributed by atoms with Crippen molar-refractivity contribution in [3.05, 3.63) is 209 Å². The second kappa shape index (κ2) is 15.3. The first kappa shape index (κ1) is 34.6. The van der Waals surface area contributed by atoms with Crippen LogP contribution in [0.2, 0.25) is 0 Å². The van der Waals surface area contributed by atoms with Gasteiger partial charge in [0.1, 0.15) is 0 Å². The number of rotatable bonds is 11. The SMILES string of the molecule is CCCc1ccc(-c2ccc(Cc3ccc4c5c6cccc(Cc7ccc(-c8ccc(CCC)cc8)cc7)c6ccc5n(-c5ccccc5)c4c3)cc2)cc1. The van der Waals surface area contributed by atoms with Gasteiger partial charge in [-0.15, -0.1) is 0 Å². The summed E-state index contributed by atoms with van der Waals surface area (Å²) in [6, 6.07) is 65.9. The molecule has 0 amide bonds. The quantitative estimate of drug-likeness (QED) is 0.126. The van der Waals surface area contributed by atoms with Crippen molar-refractivity contribution in [2.45, 2.75) is 52.4 Å². The van der Waals surface area contributed by atoms with Crippen LogP contribution >= 0.6 is 0 Å². The lowest BCUT2D eigenvalue weighted by Crippen LogP contribution is -1.95. The summed E-state index contributed by atoms with van der Waals surface area (Å²) in [4.78, 5) is 0. The standard InChI is InChI=1S/C54H47N/c1-3-9-38-15-24-43(25-16-38)45-28-19-40(20-29-45)35-42-23-32-51-53(37-42)55(48-12-6-5-7-13-48)52-34-33-49-47(11-8-14-50(49)54(51)52)36-41-21-30-46(31-22-41)44-26-17-39(10-4-2)18-27-44/h5-8,11-34,37H,3-4,9-10,35-36H2,1-2H3. The first-order valence-electron chi connectivity index (χ1n) is 20.0. The molecule has 268 valence electrons. The maximum absolute atomic E-state index is 2.46. The fraction of sp³-hybridized carbons (Fsp3) is 0.148. The van der Waals surface area contributed by atoms with Gasteiger partial charge >= 0.3 is 0 Å². The van der Waals surface area contributed by atoms with E-state index in [-0.39, 0.29) is 0 Å². The topological polar surface area (TPSA) is 4.93 Å². The van der Waals surface area contributed by atoms with Gasteiger partial charge in [-0.1, -0.05) is 178 Å². The summed E-state index contributed by atoms with van der Waals surface area (Å²) >= 11 is 0. The molecular weight excluding hydrogens is 663 g/mol. The van der Waals surface area contributed by atoms with Crippen molar-refractivity contribution >= 4 is 32.6 Å². The molecule has 1 aromatic heterocycles. The third kappa shape index (κ3) is 6.99. The van der Waals surface area contributed by atoms with E-state index in [1.165, 1.54) is 107 Å². The normalized spacial score (nSPS) is 11.5. The third-order valence-electron chi connectivity index (χ3n) is 11.3. The summed E-state index contributed by atoms with van der Waals surface area (Å²) in [6.07, 6.45) is 6.40. The van der Waals surface area contributed by atoms with Gasteiger partial charge in [0.2, 0.25) is 0 Å². The van der Waals surface area contributed by atoms with Crippen molar-refractivity contribution in [3.63, 3.8) is 0 Å². The molecule has 0 aliphatic rings. The Labute approximate surface area is 325 Å². The Bertz CT molecular complexity index is 2710. The van der Waals surface area contributed by atoms with Crippen molar-refractivity contribution in [2.24, 2.45) is 0 Å². The first-order chi connectivity index (χ1) is 27.1. The molecule has 1 nitrogen and oxygen atoms in total. The fourth-order valence-electron chi connectivity index (χ4n) is 8.49. The zero-order chi connectivity index (χ0) is 37.1. The molecule has 0 radical (unpaired) electrons. The number of hydrogen-bond donors (Lipinski definition) is 0. The zero-order valence-electron chi connectivity index (χ0n) is 31.9. The summed E-state index contributed by atoms with van der Waals surface area (Å²) in [6.45, 7) is 4.47. The molecule has 9 aromatic rings. The highest BCUT2D eigenvalue weighted by molar-refractivity contribution is 6.21. The Morgan fingerprint density at radius 3 is 1.44 bits per heavy atom. The number of nitrogens with zero attached hydrogens (tertiary/aromatic N) is 1. The highest BCUT2D eigenvalue weighted by atomic mass is 15.0. The molecule has 9 rings (SSSR count). The number of para-hydroxylation sites is 1. The van der Waals surface area contributed by atoms with E-state index in [1.807, 2.05) is 0 Å². The van der Waals surface area contributed by atoms with Crippen LogP contribution in [0.25, 0.3) is 60.5 Å². The van der Waals surface area contributed by atoms with E-state index >= 15 is 0 Å². The van der Waals surface area contributed by atoms with Gasteiger partial charge in [-0.2, -0.15) is 0 Å². The predicted molar refractivity (Wildman–Crippen MR) is 236 cm³/mol. The Morgan fingerprint density at radius 1 is 0.364 bits per heavy atom. The number of hydrogen-bond acceptors (Lipinski definition) is 0. The maximum atomic E-state index is 2.46. The largest absolute Gasteiger partial charge is 0.309 e. The van der Waals surface area contributed by atoms with Gasteiger partial charge in [0.05, 0.1) is 11.0 Å². The first-order valence-corrected chi connectivity index (χ1v) is 20.0. The molecule has 0 spiro atoms. The molecule has 0 aliphatic heterocycles. The van der Waals surface area contributed by atoms with Crippen molar-refractivity contribution in [3.8, 4) is 27.9 Å². The number of aryl methyl sites for hydroxylation is 2. The van der Waals surface area contributed by atoms with E-state index in [9.17, 15) is 0 Å². The van der Waals surface area contributed by atoms with Crippen LogP contribution in [0.15, 0.2) is 176 Å². The van der Waals surface area contributed by atoms with Gasteiger partial charge in [-0.3, -0.25) is 0 Å². The minimum absolute atomic E-state index is 0.885. The Morgan fingerprint density at radius 2 is 0.873 bits per heavy atom. The van der Waals surface area contributed by atoms with Gasteiger partial charge in [-0.05, 0) is 116 Å². The lowest BCUT2D eigenvalue weighted by Gasteiger charge is -2.11. The molecule has 0 atom stereocenters. The highest BCUT2D eigenvalue weighted by Crippen LogP contribution is 2.39. The average Bonchev–Trinajstić information content (AvgIpc) is 3.57. The summed E-state index contributed by atoms with van der Waals surface area (Å²) in [5, 5.41) is 5.24. The summed E-state index contributed by atoms with van der Waals surface area (Å²) < 4.78 is 2.46. The van der Waals surface area contributed by atoms with Gasteiger partial charge in [0.15, 0.2) is 0 Å². The summed E-state index contributed by atoms with van der Waals surface area (Å²) in [5.41, 5.74) is 16.9. The molecule has 0 saturated carbocycles.